The SMILES string of the molecule is CC(=O)O[C@@H]1[C@H](C)/C=C\C(C)(C)C(=O)C[C@@H](OC(=O)c2cccnc2)/C(C)=C\[C@H]2[C@@H](OC(=O)c3ccccc3)[C@H](C)C[C@]12OC(C)=O. The van der Waals surface area contributed by atoms with Crippen LogP contribution in [0.1, 0.15) is 82.0 Å². The first-order valence-electron chi connectivity index (χ1n) is 15.8. The molecule has 2 aliphatic carbocycles. The monoisotopic (exact) mass is 645 g/mol. The lowest BCUT2D eigenvalue weighted by Crippen LogP contribution is -2.55. The summed E-state index contributed by atoms with van der Waals surface area (Å²) in [5.41, 5.74) is -1.46. The van der Waals surface area contributed by atoms with Crippen LogP contribution in [0.3, 0.4) is 0 Å². The number of pyridine rings is 1. The molecule has 0 unspecified atom stereocenters. The summed E-state index contributed by atoms with van der Waals surface area (Å²) in [6.45, 7) is 11.5. The normalized spacial score (nSPS) is 30.6. The lowest BCUT2D eigenvalue weighted by Gasteiger charge is -2.43. The summed E-state index contributed by atoms with van der Waals surface area (Å²) < 4.78 is 24.3. The van der Waals surface area contributed by atoms with Crippen LogP contribution >= 0.6 is 0 Å². The highest BCUT2D eigenvalue weighted by Gasteiger charge is 2.62. The van der Waals surface area contributed by atoms with Gasteiger partial charge >= 0.3 is 23.9 Å². The molecule has 1 fully saturated rings. The molecule has 10 nitrogen and oxygen atoms in total. The number of carbonyl (C=O) groups excluding carboxylic acids is 5. The Morgan fingerprint density at radius 1 is 0.872 bits per heavy atom. The summed E-state index contributed by atoms with van der Waals surface area (Å²) in [5.74, 6) is -4.42. The van der Waals surface area contributed by atoms with E-state index in [0.29, 0.717) is 11.1 Å². The Labute approximate surface area is 275 Å². The fourth-order valence-corrected chi connectivity index (χ4v) is 6.54. The molecule has 7 atom stereocenters. The van der Waals surface area contributed by atoms with Crippen LogP contribution in [0.5, 0.6) is 0 Å². The van der Waals surface area contributed by atoms with Crippen molar-refractivity contribution in [1.82, 2.24) is 4.98 Å². The summed E-state index contributed by atoms with van der Waals surface area (Å²) in [7, 11) is 0. The molecule has 1 saturated carbocycles. The maximum absolute atomic E-state index is 13.7. The van der Waals surface area contributed by atoms with E-state index >= 15 is 0 Å². The van der Waals surface area contributed by atoms with Crippen LogP contribution in [0.15, 0.2) is 78.7 Å². The van der Waals surface area contributed by atoms with E-state index in [4.69, 9.17) is 18.9 Å². The van der Waals surface area contributed by atoms with Gasteiger partial charge < -0.3 is 18.9 Å². The molecule has 0 bridgehead atoms. The topological polar surface area (TPSA) is 135 Å². The number of rotatable bonds is 6. The van der Waals surface area contributed by atoms with Crippen LogP contribution in [0.2, 0.25) is 0 Å². The van der Waals surface area contributed by atoms with Gasteiger partial charge in [-0.15, -0.1) is 0 Å². The number of hydrogen-bond donors (Lipinski definition) is 0. The van der Waals surface area contributed by atoms with Crippen molar-refractivity contribution in [3.05, 3.63) is 89.8 Å². The Balaban J connectivity index is 1.92. The summed E-state index contributed by atoms with van der Waals surface area (Å²) in [6, 6.07) is 11.7. The van der Waals surface area contributed by atoms with Crippen LogP contribution < -0.4 is 0 Å². The molecular weight excluding hydrogens is 602 g/mol. The van der Waals surface area contributed by atoms with Gasteiger partial charge in [0.25, 0.3) is 0 Å². The molecule has 4 rings (SSSR count). The molecule has 0 spiro atoms. The third kappa shape index (κ3) is 8.04. The van der Waals surface area contributed by atoms with Crippen molar-refractivity contribution in [3.63, 3.8) is 0 Å². The largest absolute Gasteiger partial charge is 0.458 e. The number of Topliss-reactive ketones (excluding diaryl/α,β-unsaturated/α-hetero) is 1. The molecule has 1 aromatic carbocycles. The number of ketones is 1. The highest BCUT2D eigenvalue weighted by Crippen LogP contribution is 2.51. The Hall–Kier alpha value is -4.60. The van der Waals surface area contributed by atoms with Crippen molar-refractivity contribution in [2.45, 2.75) is 85.2 Å². The molecule has 1 aromatic heterocycles. The zero-order valence-electron chi connectivity index (χ0n) is 27.9. The summed E-state index contributed by atoms with van der Waals surface area (Å²) in [5, 5.41) is 0. The molecule has 0 amide bonds. The van der Waals surface area contributed by atoms with E-state index in [9.17, 15) is 24.0 Å². The van der Waals surface area contributed by atoms with Crippen LogP contribution in [0.25, 0.3) is 0 Å². The average molecular weight is 646 g/mol. The number of nitrogens with zero attached hydrogens (tertiary/aromatic N) is 1. The second kappa shape index (κ2) is 14.4. The molecule has 10 heteroatoms. The van der Waals surface area contributed by atoms with E-state index in [-0.39, 0.29) is 30.1 Å². The lowest BCUT2D eigenvalue weighted by molar-refractivity contribution is -0.195. The van der Waals surface area contributed by atoms with Gasteiger partial charge in [0, 0.05) is 44.0 Å². The number of esters is 4. The number of aromatic nitrogens is 1. The molecule has 2 aliphatic rings. The average Bonchev–Trinajstić information content (AvgIpc) is 3.27. The van der Waals surface area contributed by atoms with Crippen molar-refractivity contribution < 1.29 is 42.9 Å². The molecule has 250 valence electrons. The predicted molar refractivity (Wildman–Crippen MR) is 172 cm³/mol. The minimum Gasteiger partial charge on any atom is -0.458 e. The number of hydrogen-bond acceptors (Lipinski definition) is 10. The van der Waals surface area contributed by atoms with Gasteiger partial charge in [0.1, 0.15) is 24.1 Å². The molecular formula is C37H43NO9. The van der Waals surface area contributed by atoms with Gasteiger partial charge in [0.15, 0.2) is 5.60 Å². The van der Waals surface area contributed by atoms with E-state index in [1.807, 2.05) is 13.8 Å². The number of ether oxygens (including phenoxy) is 4. The first-order chi connectivity index (χ1) is 22.1. The third-order valence-corrected chi connectivity index (χ3v) is 8.96. The van der Waals surface area contributed by atoms with Gasteiger partial charge in [-0.2, -0.15) is 0 Å². The van der Waals surface area contributed by atoms with Crippen molar-refractivity contribution >= 4 is 29.7 Å². The maximum Gasteiger partial charge on any atom is 0.340 e. The van der Waals surface area contributed by atoms with Gasteiger partial charge in [0.05, 0.1) is 17.0 Å². The van der Waals surface area contributed by atoms with E-state index in [2.05, 4.69) is 4.98 Å². The first kappa shape index (κ1) is 35.3. The van der Waals surface area contributed by atoms with Crippen molar-refractivity contribution in [2.24, 2.45) is 23.2 Å². The second-order valence-corrected chi connectivity index (χ2v) is 13.1. The molecule has 0 saturated heterocycles. The Bertz CT molecular complexity index is 1550. The Kier molecular flexibility index (Phi) is 10.8. The maximum atomic E-state index is 13.7. The van der Waals surface area contributed by atoms with Crippen LogP contribution in [-0.4, -0.2) is 58.6 Å². The summed E-state index contributed by atoms with van der Waals surface area (Å²) in [6.07, 6.45) is 5.29. The number of carbonyl (C=O) groups is 5. The Morgan fingerprint density at radius 2 is 1.53 bits per heavy atom. The van der Waals surface area contributed by atoms with Crippen LogP contribution in [-0.2, 0) is 33.3 Å². The third-order valence-electron chi connectivity index (χ3n) is 8.96. The van der Waals surface area contributed by atoms with E-state index in [1.54, 1.807) is 81.5 Å². The highest BCUT2D eigenvalue weighted by molar-refractivity contribution is 5.91. The molecule has 47 heavy (non-hydrogen) atoms. The van der Waals surface area contributed by atoms with Gasteiger partial charge in [0.2, 0.25) is 0 Å². The van der Waals surface area contributed by atoms with E-state index < -0.39 is 65.0 Å². The van der Waals surface area contributed by atoms with E-state index in [0.717, 1.165) is 0 Å². The summed E-state index contributed by atoms with van der Waals surface area (Å²) >= 11 is 0. The number of benzene rings is 1. The zero-order chi connectivity index (χ0) is 34.5. The fraction of sp³-hybridized carbons (Fsp3) is 0.459. The highest BCUT2D eigenvalue weighted by atomic mass is 16.6. The number of allylic oxidation sites excluding steroid dienone is 1. The summed E-state index contributed by atoms with van der Waals surface area (Å²) in [4.78, 5) is 70.0. The molecule has 2 aromatic rings. The van der Waals surface area contributed by atoms with Gasteiger partial charge in [-0.05, 0) is 62.9 Å². The minimum absolute atomic E-state index is 0.148. The Morgan fingerprint density at radius 3 is 2.15 bits per heavy atom. The standard InChI is InChI=1S/C37H43NO9/c1-22-15-16-36(6,7)31(41)19-30(45-35(43)28-14-11-17-38-21-28)23(2)18-29-32(46-34(42)27-12-9-8-10-13-27)24(3)20-37(29,47-26(5)40)33(22)44-25(4)39/h8-18,21-22,24,29-30,32-33H,19-20H2,1-7H3/b16-15-,23-18-/t22-,24-,29+,30-,32+,33-,37-/m1/s1. The van der Waals surface area contributed by atoms with Crippen molar-refractivity contribution in [2.75, 3.05) is 0 Å². The molecule has 1 heterocycles. The van der Waals surface area contributed by atoms with Crippen LogP contribution in [0.4, 0.5) is 0 Å². The predicted octanol–water partition coefficient (Wildman–Crippen LogP) is 5.86. The van der Waals surface area contributed by atoms with Crippen LogP contribution in [0, 0.1) is 23.2 Å². The lowest BCUT2D eigenvalue weighted by atomic mass is 9.75. The van der Waals surface area contributed by atoms with E-state index in [1.165, 1.54) is 26.2 Å². The van der Waals surface area contributed by atoms with Crippen molar-refractivity contribution in [1.29, 1.82) is 0 Å². The first-order valence-corrected chi connectivity index (χ1v) is 15.8. The van der Waals surface area contributed by atoms with Gasteiger partial charge in [-0.1, -0.05) is 50.3 Å². The molecule has 0 aliphatic heterocycles. The zero-order valence-corrected chi connectivity index (χ0v) is 27.9. The minimum atomic E-state index is -1.49. The molecule has 0 radical (unpaired) electrons. The molecule has 0 N–H and O–H groups in total. The quantitative estimate of drug-likeness (QED) is 0.214. The van der Waals surface area contributed by atoms with Gasteiger partial charge in [-0.25, -0.2) is 9.59 Å². The number of fused-ring (bicyclic) bond motifs is 1. The smallest absolute Gasteiger partial charge is 0.340 e. The second-order valence-electron chi connectivity index (χ2n) is 13.1. The fourth-order valence-electron chi connectivity index (χ4n) is 6.54. The van der Waals surface area contributed by atoms with Crippen molar-refractivity contribution in [3.8, 4) is 0 Å². The van der Waals surface area contributed by atoms with Gasteiger partial charge in [-0.3, -0.25) is 19.4 Å².